The van der Waals surface area contributed by atoms with Gasteiger partial charge in [0.2, 0.25) is 0 Å². The first-order valence-electron chi connectivity index (χ1n) is 11.3. The number of ketones is 1. The van der Waals surface area contributed by atoms with Gasteiger partial charge in [0.1, 0.15) is 6.54 Å². The molecule has 0 bridgehead atoms. The first-order valence-corrected chi connectivity index (χ1v) is 12.1. The van der Waals surface area contributed by atoms with Gasteiger partial charge in [0, 0.05) is 11.1 Å². The van der Waals surface area contributed by atoms with Crippen LogP contribution in [0.1, 0.15) is 58.0 Å². The van der Waals surface area contributed by atoms with E-state index in [1.165, 1.54) is 18.2 Å². The second kappa shape index (κ2) is 9.51. The van der Waals surface area contributed by atoms with Crippen LogP contribution in [0, 0.1) is 31.6 Å². The summed E-state index contributed by atoms with van der Waals surface area (Å²) in [6, 6.07) is 9.56. The fourth-order valence-electron chi connectivity index (χ4n) is 4.76. The van der Waals surface area contributed by atoms with E-state index in [9.17, 15) is 19.2 Å². The predicted octanol–water partition coefficient (Wildman–Crippen LogP) is 5.27. The number of carbonyl (C=O) groups excluding carboxylic acids is 4. The van der Waals surface area contributed by atoms with Gasteiger partial charge in [-0.05, 0) is 74.4 Å². The molecule has 1 aliphatic carbocycles. The van der Waals surface area contributed by atoms with Crippen LogP contribution < -0.4 is 0 Å². The molecule has 2 fully saturated rings. The molecule has 2 aromatic rings. The van der Waals surface area contributed by atoms with Gasteiger partial charge in [0.05, 0.1) is 21.9 Å². The Balaban J connectivity index is 1.71. The van der Waals surface area contributed by atoms with Crippen molar-refractivity contribution in [1.29, 1.82) is 0 Å². The number of nitrogens with zero attached hydrogens (tertiary/aromatic N) is 2. The molecule has 1 aliphatic heterocycles. The summed E-state index contributed by atoms with van der Waals surface area (Å²) in [4.78, 5) is 53.5. The zero-order valence-corrected chi connectivity index (χ0v) is 20.8. The normalized spacial score (nSPS) is 22.0. The number of imide groups is 1. The highest BCUT2D eigenvalue weighted by atomic mass is 35.5. The molecule has 2 aliphatic rings. The van der Waals surface area contributed by atoms with Gasteiger partial charge in [0.25, 0.3) is 17.7 Å². The molecule has 34 heavy (non-hydrogen) atoms. The number of amides is 3. The number of halogens is 2. The Kier molecular flexibility index (Phi) is 6.83. The van der Waals surface area contributed by atoms with Crippen molar-refractivity contribution in [3.05, 3.63) is 68.7 Å². The van der Waals surface area contributed by atoms with E-state index in [1.807, 2.05) is 19.9 Å². The first kappa shape index (κ1) is 24.4. The molecule has 2 aromatic carbocycles. The number of aryl methyl sites for hydroxylation is 2. The van der Waals surface area contributed by atoms with Gasteiger partial charge in [-0.2, -0.15) is 5.01 Å². The number of fused-ring (bicyclic) bond motifs is 1. The first-order chi connectivity index (χ1) is 16.1. The molecule has 0 spiro atoms. The highest BCUT2D eigenvalue weighted by Gasteiger charge is 2.52. The predicted molar refractivity (Wildman–Crippen MR) is 130 cm³/mol. The topological polar surface area (TPSA) is 74.8 Å². The maximum absolute atomic E-state index is 13.6. The quantitative estimate of drug-likeness (QED) is 0.413. The van der Waals surface area contributed by atoms with E-state index in [2.05, 4.69) is 6.92 Å². The number of benzene rings is 2. The summed E-state index contributed by atoms with van der Waals surface area (Å²) in [7, 11) is 0. The number of Topliss-reactive ketones (excluding diaryl/α,β-unsaturated/α-hetero) is 1. The number of hydrogen-bond acceptors (Lipinski definition) is 4. The number of hydrazine groups is 1. The van der Waals surface area contributed by atoms with Gasteiger partial charge in [0.15, 0.2) is 5.78 Å². The van der Waals surface area contributed by atoms with Crippen LogP contribution in [0.2, 0.25) is 10.0 Å². The Hall–Kier alpha value is -2.70. The van der Waals surface area contributed by atoms with Crippen molar-refractivity contribution in [3.63, 3.8) is 0 Å². The van der Waals surface area contributed by atoms with Crippen LogP contribution in [0.4, 0.5) is 0 Å². The summed E-state index contributed by atoms with van der Waals surface area (Å²) >= 11 is 12.1. The van der Waals surface area contributed by atoms with Crippen molar-refractivity contribution in [2.45, 2.75) is 40.0 Å². The molecule has 3 atom stereocenters. The maximum Gasteiger partial charge on any atom is 0.273 e. The number of hydrogen-bond donors (Lipinski definition) is 0. The molecule has 8 heteroatoms. The Labute approximate surface area is 208 Å². The highest BCUT2D eigenvalue weighted by Crippen LogP contribution is 2.41. The minimum atomic E-state index is -0.663. The lowest BCUT2D eigenvalue weighted by Gasteiger charge is -2.30. The third-order valence-electron chi connectivity index (χ3n) is 6.93. The average Bonchev–Trinajstić information content (AvgIpc) is 3.04. The van der Waals surface area contributed by atoms with Crippen molar-refractivity contribution in [3.8, 4) is 0 Å². The molecule has 0 aromatic heterocycles. The molecule has 1 heterocycles. The van der Waals surface area contributed by atoms with E-state index < -0.39 is 36.1 Å². The van der Waals surface area contributed by atoms with E-state index >= 15 is 0 Å². The fourth-order valence-corrected chi connectivity index (χ4v) is 5.06. The standard InChI is InChI=1S/C26H26Cl2N2O4/c1-14-4-8-19-20(10-14)26(34)30(25(19)33)29(24(32)18-7-9-21(27)22(28)12-18)13-23(31)17-6-5-15(2)16(3)11-17/h5-7,9,11-12,14,19-20H,4,8,10,13H2,1-3H3/t14-,19-,20+/m1/s1. The van der Waals surface area contributed by atoms with Crippen LogP contribution in [0.25, 0.3) is 0 Å². The molecule has 0 N–H and O–H groups in total. The van der Waals surface area contributed by atoms with Crippen molar-refractivity contribution < 1.29 is 19.2 Å². The second-order valence-corrected chi connectivity index (χ2v) is 10.1. The Morgan fingerprint density at radius 3 is 2.26 bits per heavy atom. The zero-order chi connectivity index (χ0) is 24.7. The van der Waals surface area contributed by atoms with Crippen LogP contribution in [0.15, 0.2) is 36.4 Å². The van der Waals surface area contributed by atoms with E-state index in [0.717, 1.165) is 27.6 Å². The summed E-state index contributed by atoms with van der Waals surface area (Å²) in [6.45, 7) is 5.44. The minimum absolute atomic E-state index is 0.131. The lowest BCUT2D eigenvalue weighted by atomic mass is 9.76. The summed E-state index contributed by atoms with van der Waals surface area (Å²) in [5.74, 6) is -2.52. The van der Waals surface area contributed by atoms with Gasteiger partial charge in [-0.1, -0.05) is 42.3 Å². The van der Waals surface area contributed by atoms with Crippen LogP contribution in [0.3, 0.4) is 0 Å². The highest BCUT2D eigenvalue weighted by molar-refractivity contribution is 6.42. The van der Waals surface area contributed by atoms with Gasteiger partial charge < -0.3 is 0 Å². The smallest absolute Gasteiger partial charge is 0.273 e. The fraction of sp³-hybridized carbons (Fsp3) is 0.385. The molecular weight excluding hydrogens is 475 g/mol. The van der Waals surface area contributed by atoms with Crippen molar-refractivity contribution in [2.24, 2.45) is 17.8 Å². The van der Waals surface area contributed by atoms with E-state index in [0.29, 0.717) is 24.3 Å². The third-order valence-corrected chi connectivity index (χ3v) is 7.67. The minimum Gasteiger partial charge on any atom is -0.292 e. The van der Waals surface area contributed by atoms with Gasteiger partial charge in [-0.25, -0.2) is 5.01 Å². The van der Waals surface area contributed by atoms with E-state index in [4.69, 9.17) is 23.2 Å². The number of rotatable bonds is 5. The van der Waals surface area contributed by atoms with Crippen LogP contribution in [0.5, 0.6) is 0 Å². The molecule has 1 saturated carbocycles. The van der Waals surface area contributed by atoms with E-state index in [-0.39, 0.29) is 21.4 Å². The average molecular weight is 501 g/mol. The Bertz CT molecular complexity index is 1200. The lowest BCUT2D eigenvalue weighted by molar-refractivity contribution is -0.154. The Morgan fingerprint density at radius 1 is 0.912 bits per heavy atom. The summed E-state index contributed by atoms with van der Waals surface area (Å²) in [6.07, 6.45) is 2.02. The molecule has 3 amide bonds. The molecule has 0 radical (unpaired) electrons. The van der Waals surface area contributed by atoms with E-state index in [1.54, 1.807) is 12.1 Å². The number of carbonyl (C=O) groups is 4. The summed E-state index contributed by atoms with van der Waals surface area (Å²) in [5, 5.41) is 2.31. The molecule has 178 valence electrons. The van der Waals surface area contributed by atoms with Crippen LogP contribution in [-0.2, 0) is 9.59 Å². The monoisotopic (exact) mass is 500 g/mol. The largest absolute Gasteiger partial charge is 0.292 e. The molecular formula is C26H26Cl2N2O4. The molecule has 6 nitrogen and oxygen atoms in total. The van der Waals surface area contributed by atoms with Crippen molar-refractivity contribution in [1.82, 2.24) is 10.0 Å². The van der Waals surface area contributed by atoms with Crippen LogP contribution >= 0.6 is 23.2 Å². The maximum atomic E-state index is 13.6. The zero-order valence-electron chi connectivity index (χ0n) is 19.3. The van der Waals surface area contributed by atoms with Gasteiger partial charge >= 0.3 is 0 Å². The summed E-state index contributed by atoms with van der Waals surface area (Å²) < 4.78 is 0. The van der Waals surface area contributed by atoms with Gasteiger partial charge in [-0.3, -0.25) is 19.2 Å². The Morgan fingerprint density at radius 2 is 1.59 bits per heavy atom. The molecule has 1 saturated heterocycles. The van der Waals surface area contributed by atoms with Crippen molar-refractivity contribution >= 4 is 46.7 Å². The van der Waals surface area contributed by atoms with Crippen molar-refractivity contribution in [2.75, 3.05) is 6.54 Å². The van der Waals surface area contributed by atoms with Crippen LogP contribution in [-0.4, -0.2) is 40.1 Å². The second-order valence-electron chi connectivity index (χ2n) is 9.33. The van der Waals surface area contributed by atoms with Gasteiger partial charge in [-0.15, -0.1) is 0 Å². The third kappa shape index (κ3) is 4.49. The lowest BCUT2D eigenvalue weighted by Crippen LogP contribution is -2.52. The summed E-state index contributed by atoms with van der Waals surface area (Å²) in [5.41, 5.74) is 2.50. The molecule has 4 rings (SSSR count). The SMILES string of the molecule is Cc1ccc(C(=O)CN(C(=O)c2ccc(Cl)c(Cl)c2)N2C(=O)[C@H]3C[C@H](C)CC[C@H]3C2=O)cc1C. The molecule has 0 unspecified atom stereocenters.